The maximum absolute atomic E-state index is 14.7. The van der Waals surface area contributed by atoms with Crippen LogP contribution in [0.25, 0.3) is 0 Å². The van der Waals surface area contributed by atoms with Crippen molar-refractivity contribution in [3.8, 4) is 0 Å². The van der Waals surface area contributed by atoms with Gasteiger partial charge in [0, 0.05) is 33.8 Å². The second-order valence-electron chi connectivity index (χ2n) is 18.0. The first-order valence-corrected chi connectivity index (χ1v) is 18.5. The Hall–Kier alpha value is -2.71. The number of fused-ring (bicyclic) bond motifs is 3. The molecule has 2 heterocycles. The molecule has 9 rings (SSSR count). The first-order valence-electron chi connectivity index (χ1n) is 18.5. The molecule has 260 valence electrons. The van der Waals surface area contributed by atoms with Crippen molar-refractivity contribution in [2.24, 2.45) is 44.3 Å². The zero-order valence-corrected chi connectivity index (χ0v) is 29.6. The number of furan rings is 1. The van der Waals surface area contributed by atoms with E-state index in [0.717, 1.165) is 44.1 Å². The number of allylic oxidation sites excluding steroid dienone is 4. The van der Waals surface area contributed by atoms with Crippen LogP contribution in [0.3, 0.4) is 0 Å². The van der Waals surface area contributed by atoms with Gasteiger partial charge in [0.25, 0.3) is 5.91 Å². The van der Waals surface area contributed by atoms with Crippen LogP contribution in [0.2, 0.25) is 0 Å². The van der Waals surface area contributed by atoms with E-state index in [0.29, 0.717) is 38.0 Å². The highest BCUT2D eigenvalue weighted by Crippen LogP contribution is 2.78. The molecule has 1 amide bonds. The predicted molar refractivity (Wildman–Crippen MR) is 178 cm³/mol. The molecular weight excluding hydrogens is 606 g/mol. The Morgan fingerprint density at radius 2 is 1.67 bits per heavy atom. The van der Waals surface area contributed by atoms with Gasteiger partial charge in [0.2, 0.25) is 5.78 Å². The molecule has 0 aromatic carbocycles. The van der Waals surface area contributed by atoms with E-state index in [1.165, 1.54) is 0 Å². The SMILES string of the molecule is CCCN(C[C@]1(O)CC[C@H]2[C@]34C=C[C@@]5(C=C3C(=O)c3ccco3)CC(O)CC[C@]5(C)[C@H]4CC[C@@]21C)C(=O)[C@@]12CC[C@@](C)(C(=O)O1)C2(C)C. The standard InChI is InChI=1S/C40H53NO7/c1-7-20-41(31(44)40-19-16-36(6,32(45)48-40)33(40,2)3)24-38(46)15-12-29-35(38,5)14-11-28-34(4)13-10-25(42)22-37(34)17-18-39(28,29)26(23-37)30(43)27-9-8-21-47-27/h8-9,17-18,21,23,25,28-29,42,46H,7,10-16,19-20,22,24H2,1-6H3/t25?,28-,29-,34-,35+,36+,37+,38-,39-,40-/m1/s1. The Morgan fingerprint density at radius 1 is 0.958 bits per heavy atom. The molecule has 7 aliphatic carbocycles. The van der Waals surface area contributed by atoms with Crippen molar-refractivity contribution in [1.82, 2.24) is 4.90 Å². The predicted octanol–water partition coefficient (Wildman–Crippen LogP) is 6.41. The second kappa shape index (κ2) is 9.74. The minimum Gasteiger partial charge on any atom is -0.461 e. The molecular formula is C40H53NO7. The molecule has 48 heavy (non-hydrogen) atoms. The van der Waals surface area contributed by atoms with Gasteiger partial charge in [0.05, 0.1) is 29.9 Å². The third-order valence-electron chi connectivity index (χ3n) is 16.4. The summed E-state index contributed by atoms with van der Waals surface area (Å²) in [5, 5.41) is 23.9. The van der Waals surface area contributed by atoms with E-state index in [1.54, 1.807) is 23.3 Å². The third-order valence-corrected chi connectivity index (χ3v) is 16.4. The highest BCUT2D eigenvalue weighted by molar-refractivity contribution is 6.08. The Morgan fingerprint density at radius 3 is 2.31 bits per heavy atom. The smallest absolute Gasteiger partial charge is 0.313 e. The molecule has 1 aromatic rings. The Labute approximate surface area is 284 Å². The minimum absolute atomic E-state index is 0.0376. The number of esters is 1. The summed E-state index contributed by atoms with van der Waals surface area (Å²) in [7, 11) is 0. The average Bonchev–Trinajstić information content (AvgIpc) is 3.75. The molecule has 4 bridgehead atoms. The molecule has 1 aromatic heterocycles. The van der Waals surface area contributed by atoms with Crippen molar-refractivity contribution >= 4 is 17.7 Å². The average molecular weight is 660 g/mol. The van der Waals surface area contributed by atoms with Crippen LogP contribution in [0.5, 0.6) is 0 Å². The second-order valence-corrected chi connectivity index (χ2v) is 18.0. The molecule has 10 atom stereocenters. The summed E-state index contributed by atoms with van der Waals surface area (Å²) in [6, 6.07) is 3.49. The maximum Gasteiger partial charge on any atom is 0.313 e. The summed E-state index contributed by atoms with van der Waals surface area (Å²) in [4.78, 5) is 44.1. The highest BCUT2D eigenvalue weighted by Gasteiger charge is 2.78. The zero-order chi connectivity index (χ0) is 34.3. The molecule has 1 saturated heterocycles. The third kappa shape index (κ3) is 3.47. The maximum atomic E-state index is 14.7. The van der Waals surface area contributed by atoms with Gasteiger partial charge >= 0.3 is 5.97 Å². The molecule has 0 radical (unpaired) electrons. The number of aliphatic hydroxyl groups is 2. The molecule has 2 spiro atoms. The summed E-state index contributed by atoms with van der Waals surface area (Å²) in [5.41, 5.74) is -4.80. The largest absolute Gasteiger partial charge is 0.461 e. The van der Waals surface area contributed by atoms with E-state index in [1.807, 2.05) is 27.7 Å². The summed E-state index contributed by atoms with van der Waals surface area (Å²) in [6.07, 6.45) is 14.8. The molecule has 1 aliphatic heterocycles. The number of carbonyl (C=O) groups excluding carboxylic acids is 3. The van der Waals surface area contributed by atoms with E-state index < -0.39 is 44.4 Å². The first kappa shape index (κ1) is 32.5. The molecule has 5 fully saturated rings. The van der Waals surface area contributed by atoms with E-state index >= 15 is 0 Å². The van der Waals surface area contributed by atoms with Crippen LogP contribution >= 0.6 is 0 Å². The Balaban J connectivity index is 1.19. The van der Waals surface area contributed by atoms with Gasteiger partial charge in [-0.25, -0.2) is 0 Å². The van der Waals surface area contributed by atoms with Gasteiger partial charge in [-0.1, -0.05) is 52.8 Å². The molecule has 8 heteroatoms. The highest BCUT2D eigenvalue weighted by atomic mass is 16.6. The van der Waals surface area contributed by atoms with Crippen molar-refractivity contribution < 1.29 is 33.8 Å². The van der Waals surface area contributed by atoms with Crippen LogP contribution in [0.1, 0.15) is 116 Å². The van der Waals surface area contributed by atoms with Gasteiger partial charge in [-0.05, 0) is 101 Å². The number of aliphatic hydroxyl groups excluding tert-OH is 1. The topological polar surface area (TPSA) is 117 Å². The molecule has 1 unspecified atom stereocenters. The van der Waals surface area contributed by atoms with Crippen LogP contribution in [-0.2, 0) is 14.3 Å². The summed E-state index contributed by atoms with van der Waals surface area (Å²) in [5.74, 6) is -0.130. The number of hydrogen-bond donors (Lipinski definition) is 2. The lowest BCUT2D eigenvalue weighted by Crippen LogP contribution is -2.68. The van der Waals surface area contributed by atoms with Crippen molar-refractivity contribution in [3.63, 3.8) is 0 Å². The summed E-state index contributed by atoms with van der Waals surface area (Å²) in [6.45, 7) is 13.1. The van der Waals surface area contributed by atoms with Crippen LogP contribution in [0.4, 0.5) is 0 Å². The first-order chi connectivity index (χ1) is 22.5. The number of ether oxygens (including phenoxy) is 1. The van der Waals surface area contributed by atoms with Crippen LogP contribution in [-0.4, -0.2) is 63.2 Å². The van der Waals surface area contributed by atoms with E-state index in [9.17, 15) is 24.6 Å². The fraction of sp³-hybridized carbons (Fsp3) is 0.725. The minimum atomic E-state index is -1.23. The number of amides is 1. The number of carbonyl (C=O) groups is 3. The van der Waals surface area contributed by atoms with Crippen molar-refractivity contribution in [2.45, 2.75) is 123 Å². The number of hydrogen-bond acceptors (Lipinski definition) is 7. The van der Waals surface area contributed by atoms with E-state index in [4.69, 9.17) is 9.15 Å². The fourth-order valence-electron chi connectivity index (χ4n) is 13.0. The summed E-state index contributed by atoms with van der Waals surface area (Å²) < 4.78 is 11.8. The zero-order valence-electron chi connectivity index (χ0n) is 29.6. The lowest BCUT2D eigenvalue weighted by molar-refractivity contribution is -0.187. The van der Waals surface area contributed by atoms with E-state index in [2.05, 4.69) is 32.1 Å². The molecule has 2 N–H and O–H groups in total. The Bertz CT molecular complexity index is 1640. The van der Waals surface area contributed by atoms with Gasteiger partial charge in [0.1, 0.15) is 0 Å². The lowest BCUT2D eigenvalue weighted by atomic mass is 9.32. The normalized spacial score (nSPS) is 47.6. The molecule has 8 aliphatic rings. The van der Waals surface area contributed by atoms with Gasteiger partial charge in [-0.2, -0.15) is 0 Å². The van der Waals surface area contributed by atoms with Crippen molar-refractivity contribution in [2.75, 3.05) is 13.1 Å². The fourth-order valence-corrected chi connectivity index (χ4v) is 13.0. The van der Waals surface area contributed by atoms with Crippen molar-refractivity contribution in [1.29, 1.82) is 0 Å². The Kier molecular flexibility index (Phi) is 6.60. The van der Waals surface area contributed by atoms with Crippen LogP contribution < -0.4 is 0 Å². The molecule has 4 saturated carbocycles. The lowest BCUT2D eigenvalue weighted by Gasteiger charge is -2.71. The molecule has 8 nitrogen and oxygen atoms in total. The summed E-state index contributed by atoms with van der Waals surface area (Å²) >= 11 is 0. The quantitative estimate of drug-likeness (QED) is 0.197. The van der Waals surface area contributed by atoms with Crippen LogP contribution in [0, 0.1) is 44.3 Å². The van der Waals surface area contributed by atoms with Gasteiger partial charge in [-0.3, -0.25) is 14.4 Å². The van der Waals surface area contributed by atoms with Gasteiger partial charge in [-0.15, -0.1) is 0 Å². The van der Waals surface area contributed by atoms with Gasteiger partial charge in [0.15, 0.2) is 11.4 Å². The number of ketones is 1. The van der Waals surface area contributed by atoms with Crippen molar-refractivity contribution in [3.05, 3.63) is 48.0 Å². The van der Waals surface area contributed by atoms with Crippen LogP contribution in [0.15, 0.2) is 46.6 Å². The number of rotatable bonds is 7. The monoisotopic (exact) mass is 659 g/mol. The number of nitrogens with zero attached hydrogens (tertiary/aromatic N) is 1. The van der Waals surface area contributed by atoms with E-state index in [-0.39, 0.29) is 41.5 Å². The number of Topliss-reactive ketones (excluding diaryl/α,β-unsaturated/α-hetero) is 1. The van der Waals surface area contributed by atoms with Gasteiger partial charge < -0.3 is 24.3 Å².